The van der Waals surface area contributed by atoms with Crippen molar-refractivity contribution >= 4 is 17.7 Å². The fraction of sp³-hybridized carbons (Fsp3) is 0.500. The van der Waals surface area contributed by atoms with Gasteiger partial charge in [0.2, 0.25) is 5.95 Å². The molecule has 1 heterocycles. The Labute approximate surface area is 185 Å². The van der Waals surface area contributed by atoms with E-state index in [1.807, 2.05) is 25.9 Å². The van der Waals surface area contributed by atoms with E-state index in [0.717, 1.165) is 49.2 Å². The van der Waals surface area contributed by atoms with Gasteiger partial charge in [-0.25, -0.2) is 4.98 Å². The highest BCUT2D eigenvalue weighted by Crippen LogP contribution is 2.27. The summed E-state index contributed by atoms with van der Waals surface area (Å²) in [6, 6.07) is 5.34. The molecule has 7 nitrogen and oxygen atoms in total. The van der Waals surface area contributed by atoms with Gasteiger partial charge in [0.15, 0.2) is 0 Å². The molecule has 1 aliphatic rings. The Kier molecular flexibility index (Phi) is 7.42. The van der Waals surface area contributed by atoms with Crippen LogP contribution in [0.15, 0.2) is 30.5 Å². The zero-order valence-corrected chi connectivity index (χ0v) is 18.4. The minimum Gasteiger partial charge on any atom is -0.406 e. The summed E-state index contributed by atoms with van der Waals surface area (Å²) in [6.07, 6.45) is 0.692. The first-order chi connectivity index (χ1) is 15.1. The summed E-state index contributed by atoms with van der Waals surface area (Å²) >= 11 is 0. The predicted octanol–water partition coefficient (Wildman–Crippen LogP) is 4.15. The van der Waals surface area contributed by atoms with Gasteiger partial charge in [-0.3, -0.25) is 4.79 Å². The second-order valence-electron chi connectivity index (χ2n) is 8.24. The highest BCUT2D eigenvalue weighted by molar-refractivity contribution is 5.94. The number of carbonyl (C=O) groups is 1. The van der Waals surface area contributed by atoms with E-state index in [4.69, 9.17) is 0 Å². The van der Waals surface area contributed by atoms with Gasteiger partial charge in [-0.2, -0.15) is 4.98 Å². The molecule has 0 radical (unpaired) electrons. The third kappa shape index (κ3) is 6.73. The number of alkyl halides is 3. The Balaban J connectivity index is 1.46. The molecule has 1 aliphatic carbocycles. The normalized spacial score (nSPS) is 18.7. The van der Waals surface area contributed by atoms with Crippen molar-refractivity contribution in [3.05, 3.63) is 41.6 Å². The average Bonchev–Trinajstić information content (AvgIpc) is 2.73. The van der Waals surface area contributed by atoms with Gasteiger partial charge < -0.3 is 20.3 Å². The summed E-state index contributed by atoms with van der Waals surface area (Å²) in [4.78, 5) is 23.2. The quantitative estimate of drug-likeness (QED) is 0.659. The fourth-order valence-corrected chi connectivity index (χ4v) is 3.82. The third-order valence-electron chi connectivity index (χ3n) is 5.43. The van der Waals surface area contributed by atoms with E-state index in [-0.39, 0.29) is 11.6 Å². The zero-order valence-electron chi connectivity index (χ0n) is 18.4. The van der Waals surface area contributed by atoms with Gasteiger partial charge in [-0.1, -0.05) is 6.07 Å². The highest BCUT2D eigenvalue weighted by atomic mass is 19.4. The Morgan fingerprint density at radius 3 is 2.59 bits per heavy atom. The van der Waals surface area contributed by atoms with Gasteiger partial charge >= 0.3 is 6.36 Å². The molecular weight excluding hydrogens is 423 g/mol. The molecule has 0 bridgehead atoms. The first-order valence-corrected chi connectivity index (χ1v) is 10.5. The molecule has 1 saturated carbocycles. The van der Waals surface area contributed by atoms with Crippen molar-refractivity contribution < 1.29 is 22.7 Å². The van der Waals surface area contributed by atoms with Crippen molar-refractivity contribution in [2.45, 2.75) is 45.0 Å². The first-order valence-electron chi connectivity index (χ1n) is 10.5. The largest absolute Gasteiger partial charge is 0.573 e. The topological polar surface area (TPSA) is 79.4 Å². The lowest BCUT2D eigenvalue weighted by Crippen LogP contribution is -2.34. The van der Waals surface area contributed by atoms with Crippen LogP contribution in [0.5, 0.6) is 5.75 Å². The molecule has 1 fully saturated rings. The van der Waals surface area contributed by atoms with Gasteiger partial charge in [0.1, 0.15) is 11.6 Å². The lowest BCUT2D eigenvalue weighted by Gasteiger charge is -2.29. The Morgan fingerprint density at radius 2 is 1.94 bits per heavy atom. The van der Waals surface area contributed by atoms with Crippen molar-refractivity contribution in [2.75, 3.05) is 30.9 Å². The molecule has 1 amide bonds. The summed E-state index contributed by atoms with van der Waals surface area (Å²) < 4.78 is 41.0. The number of hydrogen-bond donors (Lipinski definition) is 2. The van der Waals surface area contributed by atoms with Crippen LogP contribution in [0, 0.1) is 12.8 Å². The second-order valence-corrected chi connectivity index (χ2v) is 8.24. The minimum absolute atomic E-state index is 0.135. The van der Waals surface area contributed by atoms with E-state index in [1.165, 1.54) is 12.1 Å². The van der Waals surface area contributed by atoms with E-state index in [9.17, 15) is 18.0 Å². The molecule has 10 heteroatoms. The molecule has 0 unspecified atom stereocenters. The molecular formula is C22H28F3N5O2. The zero-order chi connectivity index (χ0) is 23.3. The van der Waals surface area contributed by atoms with E-state index < -0.39 is 18.0 Å². The average molecular weight is 451 g/mol. The molecule has 174 valence electrons. The van der Waals surface area contributed by atoms with E-state index in [2.05, 4.69) is 25.3 Å². The molecule has 0 spiro atoms. The van der Waals surface area contributed by atoms with Gasteiger partial charge in [0, 0.05) is 44.0 Å². The number of rotatable bonds is 7. The SMILES string of the molecule is Cc1cnc(N[C@H]2CC[C@@H](CNC(=O)c3cccc(OC(F)(F)F)c3)CC2)nc1N(C)C. The van der Waals surface area contributed by atoms with Crippen LogP contribution in [0.3, 0.4) is 0 Å². The number of benzene rings is 1. The van der Waals surface area contributed by atoms with Crippen LogP contribution in [0.4, 0.5) is 24.9 Å². The van der Waals surface area contributed by atoms with Crippen molar-refractivity contribution in [3.8, 4) is 5.75 Å². The van der Waals surface area contributed by atoms with E-state index in [0.29, 0.717) is 18.4 Å². The van der Waals surface area contributed by atoms with Crippen LogP contribution in [-0.4, -0.2) is 48.9 Å². The maximum Gasteiger partial charge on any atom is 0.573 e. The van der Waals surface area contributed by atoms with Gasteiger partial charge in [0.05, 0.1) is 0 Å². The molecule has 2 aromatic rings. The maximum absolute atomic E-state index is 12.4. The minimum atomic E-state index is -4.79. The number of hydrogen-bond acceptors (Lipinski definition) is 6. The van der Waals surface area contributed by atoms with E-state index in [1.54, 1.807) is 6.20 Å². The summed E-state index contributed by atoms with van der Waals surface area (Å²) in [5.41, 5.74) is 1.14. The van der Waals surface area contributed by atoms with Gasteiger partial charge in [-0.05, 0) is 56.7 Å². The Bertz CT molecular complexity index is 928. The number of nitrogens with one attached hydrogen (secondary N) is 2. The van der Waals surface area contributed by atoms with Crippen molar-refractivity contribution in [1.29, 1.82) is 0 Å². The molecule has 2 N–H and O–H groups in total. The van der Waals surface area contributed by atoms with Crippen LogP contribution in [0.25, 0.3) is 0 Å². The molecule has 3 rings (SSSR count). The number of carbonyl (C=O) groups excluding carboxylic acids is 1. The van der Waals surface area contributed by atoms with Gasteiger partial charge in [-0.15, -0.1) is 13.2 Å². The summed E-state index contributed by atoms with van der Waals surface area (Å²) in [6.45, 7) is 2.44. The smallest absolute Gasteiger partial charge is 0.406 e. The van der Waals surface area contributed by atoms with Crippen molar-refractivity contribution in [1.82, 2.24) is 15.3 Å². The predicted molar refractivity (Wildman–Crippen MR) is 116 cm³/mol. The van der Waals surface area contributed by atoms with Crippen molar-refractivity contribution in [2.24, 2.45) is 5.92 Å². The molecule has 0 saturated heterocycles. The lowest BCUT2D eigenvalue weighted by atomic mass is 9.86. The number of anilines is 2. The molecule has 1 aromatic carbocycles. The van der Waals surface area contributed by atoms with E-state index >= 15 is 0 Å². The fourth-order valence-electron chi connectivity index (χ4n) is 3.82. The maximum atomic E-state index is 12.4. The monoisotopic (exact) mass is 451 g/mol. The summed E-state index contributed by atoms with van der Waals surface area (Å²) in [5, 5.41) is 6.22. The van der Waals surface area contributed by atoms with Crippen LogP contribution in [0.1, 0.15) is 41.6 Å². The molecule has 32 heavy (non-hydrogen) atoms. The number of aryl methyl sites for hydroxylation is 1. The van der Waals surface area contributed by atoms with Crippen LogP contribution < -0.4 is 20.3 Å². The Hall–Kier alpha value is -3.04. The number of ether oxygens (including phenoxy) is 1. The third-order valence-corrected chi connectivity index (χ3v) is 5.43. The van der Waals surface area contributed by atoms with Gasteiger partial charge in [0.25, 0.3) is 5.91 Å². The number of amides is 1. The molecule has 0 aliphatic heterocycles. The molecule has 1 aromatic heterocycles. The number of halogens is 3. The highest BCUT2D eigenvalue weighted by Gasteiger charge is 2.31. The standard InChI is InChI=1S/C22H28F3N5O2/c1-14-12-27-21(29-19(14)30(2)3)28-17-9-7-15(8-10-17)13-26-20(31)16-5-4-6-18(11-16)32-22(23,24)25/h4-6,11-12,15,17H,7-10,13H2,1-3H3,(H,26,31)(H,27,28,29)/t15-,17+. The lowest BCUT2D eigenvalue weighted by molar-refractivity contribution is -0.274. The van der Waals surface area contributed by atoms with Crippen molar-refractivity contribution in [3.63, 3.8) is 0 Å². The number of nitrogens with zero attached hydrogens (tertiary/aromatic N) is 3. The first kappa shape index (κ1) is 23.6. The van der Waals surface area contributed by atoms with Crippen LogP contribution in [0.2, 0.25) is 0 Å². The Morgan fingerprint density at radius 1 is 1.22 bits per heavy atom. The number of aromatic nitrogens is 2. The van der Waals surface area contributed by atoms with Crippen LogP contribution >= 0.6 is 0 Å². The second kappa shape index (κ2) is 10.1. The summed E-state index contributed by atoms with van der Waals surface area (Å²) in [5.74, 6) is 0.970. The van der Waals surface area contributed by atoms with Crippen LogP contribution in [-0.2, 0) is 0 Å². The molecule has 0 atom stereocenters. The summed E-state index contributed by atoms with van der Waals surface area (Å²) in [7, 11) is 3.89.